The van der Waals surface area contributed by atoms with Crippen LogP contribution >= 0.6 is 0 Å². The highest BCUT2D eigenvalue weighted by Gasteiger charge is 2.21. The molecule has 33 heavy (non-hydrogen) atoms. The third kappa shape index (κ3) is 6.55. The number of amides is 1. The zero-order chi connectivity index (χ0) is 23.8. The quantitative estimate of drug-likeness (QED) is 0.404. The molecule has 0 saturated heterocycles. The van der Waals surface area contributed by atoms with Crippen LogP contribution in [0.1, 0.15) is 53.8 Å². The molecule has 1 aliphatic rings. The molecule has 0 atom stereocenters. The van der Waals surface area contributed by atoms with Crippen molar-refractivity contribution < 1.29 is 38.1 Å². The van der Waals surface area contributed by atoms with E-state index < -0.39 is 18.5 Å². The second kappa shape index (κ2) is 11.1. The third-order valence-electron chi connectivity index (χ3n) is 4.74. The van der Waals surface area contributed by atoms with Crippen LogP contribution in [0.5, 0.6) is 17.2 Å². The minimum Gasteiger partial charge on any atom is -0.494 e. The molecule has 3 rings (SSSR count). The fraction of sp³-hybridized carbons (Fsp3) is 0.333. The second-order valence-corrected chi connectivity index (χ2v) is 7.31. The molecule has 1 N–H and O–H groups in total. The van der Waals surface area contributed by atoms with Gasteiger partial charge in [-0.1, -0.05) is 6.92 Å². The van der Waals surface area contributed by atoms with Crippen molar-refractivity contribution in [1.82, 2.24) is 0 Å². The Balaban J connectivity index is 1.46. The normalized spacial score (nSPS) is 11.6. The summed E-state index contributed by atoms with van der Waals surface area (Å²) >= 11 is 0. The Kier molecular flexibility index (Phi) is 8.01. The number of esters is 1. The summed E-state index contributed by atoms with van der Waals surface area (Å²) in [7, 11) is 0. The first-order chi connectivity index (χ1) is 15.9. The Labute approximate surface area is 191 Å². The minimum atomic E-state index is -0.682. The Morgan fingerprint density at radius 2 is 1.70 bits per heavy atom. The summed E-state index contributed by atoms with van der Waals surface area (Å²) in [5, 5.41) is 2.54. The van der Waals surface area contributed by atoms with E-state index >= 15 is 0 Å². The number of carbonyl (C=O) groups excluding carboxylic acids is 4. The van der Waals surface area contributed by atoms with Gasteiger partial charge in [-0.2, -0.15) is 0 Å². The summed E-state index contributed by atoms with van der Waals surface area (Å²) in [6, 6.07) is 9.67. The summed E-state index contributed by atoms with van der Waals surface area (Å²) < 4.78 is 20.9. The van der Waals surface area contributed by atoms with Crippen molar-refractivity contribution in [2.75, 3.05) is 25.3 Å². The molecule has 0 unspecified atom stereocenters. The fourth-order valence-corrected chi connectivity index (χ4v) is 3.06. The molecule has 2 aromatic carbocycles. The molecule has 0 saturated carbocycles. The van der Waals surface area contributed by atoms with Crippen molar-refractivity contribution in [1.29, 1.82) is 0 Å². The number of fused-ring (bicyclic) bond motifs is 1. The van der Waals surface area contributed by atoms with Crippen molar-refractivity contribution in [3.63, 3.8) is 0 Å². The standard InChI is InChI=1S/C24H25NO8/c1-3-10-30-17-6-4-16(5-7-17)20(27)8-9-24(29)31-13-23(28)25-19-12-22-21(32-14-33-22)11-18(19)15(2)26/h4-7,11-12H,3,8-10,13-14H2,1-2H3,(H,25,28). The lowest BCUT2D eigenvalue weighted by Crippen LogP contribution is -2.22. The predicted molar refractivity (Wildman–Crippen MR) is 118 cm³/mol. The van der Waals surface area contributed by atoms with Crippen LogP contribution < -0.4 is 19.5 Å². The lowest BCUT2D eigenvalue weighted by Gasteiger charge is -2.11. The number of hydrogen-bond donors (Lipinski definition) is 1. The van der Waals surface area contributed by atoms with Gasteiger partial charge < -0.3 is 24.3 Å². The molecule has 174 valence electrons. The van der Waals surface area contributed by atoms with Crippen molar-refractivity contribution in [2.45, 2.75) is 33.1 Å². The lowest BCUT2D eigenvalue weighted by atomic mass is 10.1. The van der Waals surface area contributed by atoms with Crippen LogP contribution in [0.2, 0.25) is 0 Å². The summed E-state index contributed by atoms with van der Waals surface area (Å²) in [6.07, 6.45) is 0.671. The molecule has 0 spiro atoms. The summed E-state index contributed by atoms with van der Waals surface area (Å²) in [4.78, 5) is 48.3. The number of hydrogen-bond acceptors (Lipinski definition) is 8. The molecule has 0 aliphatic carbocycles. The van der Waals surface area contributed by atoms with Gasteiger partial charge in [-0.15, -0.1) is 0 Å². The largest absolute Gasteiger partial charge is 0.494 e. The van der Waals surface area contributed by atoms with Crippen LogP contribution in [0.25, 0.3) is 0 Å². The van der Waals surface area contributed by atoms with E-state index in [1.165, 1.54) is 19.1 Å². The van der Waals surface area contributed by atoms with Gasteiger partial charge in [0.05, 0.1) is 18.7 Å². The SMILES string of the molecule is CCCOc1ccc(C(=O)CCC(=O)OCC(=O)Nc2cc3c(cc2C(C)=O)OCO3)cc1. The number of Topliss-reactive ketones (excluding diaryl/α,β-unsaturated/α-hetero) is 2. The highest BCUT2D eigenvalue weighted by molar-refractivity contribution is 6.05. The lowest BCUT2D eigenvalue weighted by molar-refractivity contribution is -0.147. The molecular formula is C24H25NO8. The van der Waals surface area contributed by atoms with Gasteiger partial charge in [0.1, 0.15) is 5.75 Å². The third-order valence-corrected chi connectivity index (χ3v) is 4.74. The van der Waals surface area contributed by atoms with Gasteiger partial charge in [0, 0.05) is 23.6 Å². The van der Waals surface area contributed by atoms with E-state index in [-0.39, 0.29) is 42.5 Å². The average molecular weight is 455 g/mol. The van der Waals surface area contributed by atoms with E-state index in [0.29, 0.717) is 29.4 Å². The number of nitrogens with one attached hydrogen (secondary N) is 1. The molecule has 1 aliphatic heterocycles. The number of ketones is 2. The monoisotopic (exact) mass is 455 g/mol. The summed E-state index contributed by atoms with van der Waals surface area (Å²) in [6.45, 7) is 3.42. The van der Waals surface area contributed by atoms with Crippen LogP contribution in [-0.2, 0) is 14.3 Å². The fourth-order valence-electron chi connectivity index (χ4n) is 3.06. The van der Waals surface area contributed by atoms with Gasteiger partial charge in [0.25, 0.3) is 5.91 Å². The first-order valence-electron chi connectivity index (χ1n) is 10.5. The van der Waals surface area contributed by atoms with Gasteiger partial charge in [0.15, 0.2) is 29.7 Å². The first-order valence-corrected chi connectivity index (χ1v) is 10.5. The first kappa shape index (κ1) is 23.8. The van der Waals surface area contributed by atoms with E-state index in [1.54, 1.807) is 24.3 Å². The van der Waals surface area contributed by atoms with Crippen LogP contribution in [0, 0.1) is 0 Å². The Morgan fingerprint density at radius 3 is 2.36 bits per heavy atom. The van der Waals surface area contributed by atoms with E-state index in [4.69, 9.17) is 18.9 Å². The Hall–Kier alpha value is -3.88. The van der Waals surface area contributed by atoms with Gasteiger partial charge in [-0.25, -0.2) is 0 Å². The van der Waals surface area contributed by atoms with Crippen molar-refractivity contribution >= 4 is 29.1 Å². The van der Waals surface area contributed by atoms with Crippen LogP contribution in [0.3, 0.4) is 0 Å². The maximum atomic E-state index is 12.3. The summed E-state index contributed by atoms with van der Waals surface area (Å²) in [5.41, 5.74) is 0.939. The Morgan fingerprint density at radius 1 is 1.00 bits per heavy atom. The van der Waals surface area contributed by atoms with Crippen molar-refractivity contribution in [3.8, 4) is 17.2 Å². The van der Waals surface area contributed by atoms with Gasteiger partial charge in [0.2, 0.25) is 6.79 Å². The van der Waals surface area contributed by atoms with Gasteiger partial charge >= 0.3 is 5.97 Å². The Bertz CT molecular complexity index is 1050. The molecule has 1 amide bonds. The molecule has 0 radical (unpaired) electrons. The second-order valence-electron chi connectivity index (χ2n) is 7.31. The molecule has 2 aromatic rings. The zero-order valence-corrected chi connectivity index (χ0v) is 18.5. The molecule has 9 nitrogen and oxygen atoms in total. The average Bonchev–Trinajstić information content (AvgIpc) is 3.27. The maximum Gasteiger partial charge on any atom is 0.306 e. The van der Waals surface area contributed by atoms with Gasteiger partial charge in [-0.3, -0.25) is 19.2 Å². The van der Waals surface area contributed by atoms with Crippen molar-refractivity contribution in [2.24, 2.45) is 0 Å². The van der Waals surface area contributed by atoms with Crippen molar-refractivity contribution in [3.05, 3.63) is 47.5 Å². The highest BCUT2D eigenvalue weighted by atomic mass is 16.7. The van der Waals surface area contributed by atoms with E-state index in [2.05, 4.69) is 5.32 Å². The maximum absolute atomic E-state index is 12.3. The molecule has 9 heteroatoms. The molecule has 1 heterocycles. The van der Waals surface area contributed by atoms with E-state index in [0.717, 1.165) is 6.42 Å². The van der Waals surface area contributed by atoms with Crippen LogP contribution in [-0.4, -0.2) is 43.4 Å². The highest BCUT2D eigenvalue weighted by Crippen LogP contribution is 2.37. The van der Waals surface area contributed by atoms with E-state index in [9.17, 15) is 19.2 Å². The number of ether oxygens (including phenoxy) is 4. The summed E-state index contributed by atoms with van der Waals surface area (Å²) in [5.74, 6) is -0.311. The minimum absolute atomic E-state index is 0.0250. The van der Waals surface area contributed by atoms with Crippen LogP contribution in [0.15, 0.2) is 36.4 Å². The molecular weight excluding hydrogens is 430 g/mol. The van der Waals surface area contributed by atoms with Gasteiger partial charge in [-0.05, 0) is 43.7 Å². The predicted octanol–water partition coefficient (Wildman–Crippen LogP) is 3.55. The topological polar surface area (TPSA) is 117 Å². The number of rotatable bonds is 11. The number of carbonyl (C=O) groups is 4. The number of benzene rings is 2. The molecule has 0 bridgehead atoms. The number of anilines is 1. The van der Waals surface area contributed by atoms with Crippen LogP contribution in [0.4, 0.5) is 5.69 Å². The zero-order valence-electron chi connectivity index (χ0n) is 18.5. The van der Waals surface area contributed by atoms with E-state index in [1.807, 2.05) is 6.92 Å². The molecule has 0 fully saturated rings. The smallest absolute Gasteiger partial charge is 0.306 e. The molecule has 0 aromatic heterocycles.